The number of rotatable bonds is 43. The van der Waals surface area contributed by atoms with Crippen LogP contribution in [0.25, 0.3) is 50.4 Å². The van der Waals surface area contributed by atoms with Gasteiger partial charge in [0.25, 0.3) is 0 Å². The van der Waals surface area contributed by atoms with Crippen molar-refractivity contribution in [3.05, 3.63) is 454 Å². The Kier molecular flexibility index (Phi) is 39.7. The van der Waals surface area contributed by atoms with Crippen molar-refractivity contribution < 1.29 is 61.5 Å². The molecule has 16 rings (SSSR count). The van der Waals surface area contributed by atoms with E-state index in [1.54, 1.807) is 5.56 Å². The molecule has 0 bridgehead atoms. The first-order valence-corrected chi connectivity index (χ1v) is 50.0. The average molecular weight is 2090 g/mol. The molecular formula is C126H129F5IrN7O4-. The third kappa shape index (κ3) is 28.4. The summed E-state index contributed by atoms with van der Waals surface area (Å²) in [4.78, 5) is 48.7. The molecule has 143 heavy (non-hydrogen) atoms. The molecule has 0 atom stereocenters. The summed E-state index contributed by atoms with van der Waals surface area (Å²) >= 11 is 0. The molecule has 14 aromatic carbocycles. The molecule has 1 aliphatic rings. The summed E-state index contributed by atoms with van der Waals surface area (Å²) in [6.45, 7) is 12.3. The second kappa shape index (κ2) is 53.3. The SMILES string of the molecule is CC(O)=CC(=O)CCC(=O)NCCNC(=O)/C=C/c1c(F)c(F)c(F)c(F)c1F.CCCCc1ccc(N(c2ccc(C)cc2)c2ccc(N(c3ccc(CCCC)cc3)c3ccc(-c4ccc5c(c4)C(CCCCCCN(C)C(c4ccccc4)c4ccccc4)(CCCCCCN(C)C(c4ccccc4)c4ccccc4)c4cc(C)ccc4-5)cc3)cc2)cc1.[Ir].[c-]1ccccc1-c1nccc2ccccc12. The van der Waals surface area contributed by atoms with E-state index < -0.39 is 52.2 Å². The average Bonchev–Trinajstić information content (AvgIpc) is 1.56. The summed E-state index contributed by atoms with van der Waals surface area (Å²) in [5, 5.41) is 15.9. The van der Waals surface area contributed by atoms with Crippen LogP contribution < -0.4 is 20.4 Å². The van der Waals surface area contributed by atoms with Crippen LogP contribution in [0, 0.1) is 49.0 Å². The van der Waals surface area contributed by atoms with Crippen LogP contribution in [-0.2, 0) is 52.7 Å². The van der Waals surface area contributed by atoms with Gasteiger partial charge in [0, 0.05) is 104 Å². The number of allylic oxidation sites excluding steroid dienone is 2. The number of fused-ring (bicyclic) bond motifs is 4. The normalized spacial score (nSPS) is 11.9. The number of carbonyl (C=O) groups excluding carboxylic acids is 3. The van der Waals surface area contributed by atoms with E-state index in [-0.39, 0.29) is 69.3 Å². The predicted octanol–water partition coefficient (Wildman–Crippen LogP) is 31.3. The van der Waals surface area contributed by atoms with Crippen LogP contribution in [0.3, 0.4) is 0 Å². The summed E-state index contributed by atoms with van der Waals surface area (Å²) in [5.74, 6) is -12.7. The van der Waals surface area contributed by atoms with Gasteiger partial charge in [-0.05, 0) is 274 Å². The van der Waals surface area contributed by atoms with Crippen molar-refractivity contribution in [3.8, 4) is 33.5 Å². The van der Waals surface area contributed by atoms with E-state index in [4.69, 9.17) is 5.11 Å². The zero-order valence-electron chi connectivity index (χ0n) is 82.9. The van der Waals surface area contributed by atoms with Gasteiger partial charge in [0.2, 0.25) is 17.6 Å². The first-order valence-electron chi connectivity index (χ1n) is 50.0. The van der Waals surface area contributed by atoms with Crippen molar-refractivity contribution in [2.24, 2.45) is 0 Å². The Labute approximate surface area is 855 Å². The number of aryl methyl sites for hydroxylation is 4. The molecule has 1 heterocycles. The third-order valence-corrected chi connectivity index (χ3v) is 26.7. The monoisotopic (exact) mass is 2090 g/mol. The third-order valence-electron chi connectivity index (χ3n) is 26.7. The van der Waals surface area contributed by atoms with E-state index in [9.17, 15) is 36.3 Å². The van der Waals surface area contributed by atoms with Crippen LogP contribution in [0.15, 0.2) is 358 Å². The number of benzene rings is 14. The zero-order valence-corrected chi connectivity index (χ0v) is 85.3. The molecule has 3 N–H and O–H groups in total. The van der Waals surface area contributed by atoms with Gasteiger partial charge in [-0.2, -0.15) is 0 Å². The van der Waals surface area contributed by atoms with Crippen molar-refractivity contribution in [2.75, 3.05) is 50.1 Å². The van der Waals surface area contributed by atoms with Crippen molar-refractivity contribution in [2.45, 2.75) is 168 Å². The Morgan fingerprint density at radius 2 is 0.846 bits per heavy atom. The number of nitrogens with zero attached hydrogens (tertiary/aromatic N) is 5. The largest absolute Gasteiger partial charge is 0.512 e. The molecule has 0 aliphatic heterocycles. The fourth-order valence-electron chi connectivity index (χ4n) is 19.3. The van der Waals surface area contributed by atoms with Gasteiger partial charge in [-0.15, -0.1) is 35.9 Å². The maximum absolute atomic E-state index is 13.5. The number of unbranched alkanes of at least 4 members (excludes halogenated alkanes) is 8. The minimum atomic E-state index is -2.30. The van der Waals surface area contributed by atoms with Gasteiger partial charge < -0.3 is 30.5 Å². The van der Waals surface area contributed by atoms with E-state index in [0.29, 0.717) is 12.2 Å². The van der Waals surface area contributed by atoms with Gasteiger partial charge in [-0.1, -0.05) is 301 Å². The molecule has 0 saturated heterocycles. The fourth-order valence-corrected chi connectivity index (χ4v) is 19.3. The zero-order chi connectivity index (χ0) is 99.7. The number of hydrogen-bond donors (Lipinski definition) is 3. The number of aromatic nitrogens is 1. The first-order chi connectivity index (χ1) is 69.2. The minimum Gasteiger partial charge on any atom is -0.512 e. The summed E-state index contributed by atoms with van der Waals surface area (Å²) < 4.78 is 65.9. The second-order valence-electron chi connectivity index (χ2n) is 37.1. The maximum atomic E-state index is 13.5. The van der Waals surface area contributed by atoms with Crippen LogP contribution in [0.4, 0.5) is 56.1 Å². The number of ketones is 1. The van der Waals surface area contributed by atoms with Crippen LogP contribution in [0.5, 0.6) is 0 Å². The van der Waals surface area contributed by atoms with E-state index in [0.717, 1.165) is 90.2 Å². The van der Waals surface area contributed by atoms with E-state index in [2.05, 4.69) is 374 Å². The summed E-state index contributed by atoms with van der Waals surface area (Å²) in [5.41, 5.74) is 26.8. The molecule has 0 saturated carbocycles. The summed E-state index contributed by atoms with van der Waals surface area (Å²) in [7, 11) is 4.64. The maximum Gasteiger partial charge on any atom is 0.244 e. The molecular weight excluding hydrogens is 1960 g/mol. The molecule has 737 valence electrons. The molecule has 0 fully saturated rings. The Hall–Kier alpha value is -13.8. The number of aliphatic hydroxyl groups excluding tert-OH is 1. The number of amides is 2. The molecule has 0 unspecified atom stereocenters. The van der Waals surface area contributed by atoms with Crippen molar-refractivity contribution in [1.82, 2.24) is 25.4 Å². The van der Waals surface area contributed by atoms with Crippen LogP contribution in [0.2, 0.25) is 0 Å². The molecule has 0 spiro atoms. The van der Waals surface area contributed by atoms with Crippen molar-refractivity contribution in [3.63, 3.8) is 0 Å². The molecule has 2 amide bonds. The Morgan fingerprint density at radius 1 is 0.434 bits per heavy atom. The number of hydrogen-bond acceptors (Lipinski definition) is 9. The molecule has 11 nitrogen and oxygen atoms in total. The number of carbonyl (C=O) groups is 3. The van der Waals surface area contributed by atoms with Gasteiger partial charge in [0.05, 0.1) is 23.4 Å². The van der Waals surface area contributed by atoms with Crippen LogP contribution in [-0.4, -0.2) is 77.8 Å². The summed E-state index contributed by atoms with van der Waals surface area (Å²) in [6, 6.07) is 127. The van der Waals surface area contributed by atoms with Crippen molar-refractivity contribution >= 4 is 68.6 Å². The number of aliphatic hydroxyl groups is 1. The quantitative estimate of drug-likeness (QED) is 0.00652. The molecule has 1 aromatic heterocycles. The number of anilines is 6. The van der Waals surface area contributed by atoms with Crippen molar-refractivity contribution in [1.29, 1.82) is 0 Å². The van der Waals surface area contributed by atoms with E-state index in [1.807, 2.05) is 48.7 Å². The Morgan fingerprint density at radius 3 is 1.32 bits per heavy atom. The standard InChI is InChI=1S/C93H102N4.C18H17F5N2O4.C15H10N.Ir/c1-7-9-31-73-44-53-82(54-45-73)96(81-51-41-71(3)42-52-81)85-59-61-86(62-60-85)97(83-55-46-74(47-56-83)32-10-8-2)84-57-48-75(49-58-84)80-50-64-88-87-63-43-72(4)69-89(87)93(90(88)70-80,65-27-11-13-29-67-94(5)91(76-33-19-15-20-34-76)77-35-21-16-22-36-77)66-28-12-14-30-68-95(6)92(78-37-23-17-24-38-78)79-39-25-18-26-40-79;1-9(26)8-10(27)2-4-12(28)24-6-7-25-13(29)5-3-11-14(19)16(21)18(23)17(22)15(11)20;1-2-7-13(8-3-1)15-14-9-5-4-6-12(14)10-11-16-15;/h15-26,33-64,69-70,91-92H,7-14,27-32,65-68H2,1-6H3;3,5,8,26H,2,4,6-7H2,1H3,(H,24,28)(H,25,29);1-7,9-11H;/q;;-1;/b;5-3+,9-8?;;. The topological polar surface area (TPSA) is 121 Å². The van der Waals surface area contributed by atoms with Gasteiger partial charge in [0.1, 0.15) is 0 Å². The molecule has 1 aliphatic carbocycles. The molecule has 15 aromatic rings. The number of nitrogens with one attached hydrogen (secondary N) is 2. The van der Waals surface area contributed by atoms with Gasteiger partial charge in [-0.3, -0.25) is 24.2 Å². The van der Waals surface area contributed by atoms with E-state index in [1.165, 1.54) is 167 Å². The predicted molar refractivity (Wildman–Crippen MR) is 573 cm³/mol. The molecule has 17 heteroatoms. The first kappa shape index (κ1) is 107. The van der Waals surface area contributed by atoms with Gasteiger partial charge in [0.15, 0.2) is 29.1 Å². The fraction of sp³-hybridized carbons (Fsp3) is 0.254. The van der Waals surface area contributed by atoms with Gasteiger partial charge in [-0.25, -0.2) is 22.0 Å². The Balaban J connectivity index is 0.000000304. The smallest absolute Gasteiger partial charge is 0.244 e. The number of pyridine rings is 1. The van der Waals surface area contributed by atoms with E-state index >= 15 is 0 Å². The molecule has 1 radical (unpaired) electrons. The van der Waals surface area contributed by atoms with Gasteiger partial charge >= 0.3 is 0 Å². The van der Waals surface area contributed by atoms with Crippen LogP contribution in [0.1, 0.15) is 197 Å². The minimum absolute atomic E-state index is 0. The second-order valence-corrected chi connectivity index (χ2v) is 37.1. The number of halogens is 5. The van der Waals surface area contributed by atoms with Crippen LogP contribution >= 0.6 is 0 Å². The summed E-state index contributed by atoms with van der Waals surface area (Å²) in [6.07, 6.45) is 22.4. The Bertz CT molecular complexity index is 6440.